The standard InChI is InChI=1S/C15H19F3N2O4/c1-4-23-12(21)14(15(16,17)18,20-13(22)24-10(2)3)19-11-8-6-5-7-9-11/h5-10,19H,4H2,1-3H3,(H,20,22)/t14-/m1/s1. The Morgan fingerprint density at radius 2 is 1.75 bits per heavy atom. The summed E-state index contributed by atoms with van der Waals surface area (Å²) in [5.41, 5.74) is -3.51. The van der Waals surface area contributed by atoms with E-state index in [4.69, 9.17) is 0 Å². The van der Waals surface area contributed by atoms with Crippen molar-refractivity contribution in [3.63, 3.8) is 0 Å². The summed E-state index contributed by atoms with van der Waals surface area (Å²) in [5.74, 6) is -1.69. The molecule has 0 fully saturated rings. The first-order valence-electron chi connectivity index (χ1n) is 7.18. The number of alkyl halides is 3. The first-order chi connectivity index (χ1) is 11.1. The van der Waals surface area contributed by atoms with Gasteiger partial charge in [-0.05, 0) is 32.9 Å². The molecular weight excluding hydrogens is 329 g/mol. The van der Waals surface area contributed by atoms with Crippen molar-refractivity contribution in [3.8, 4) is 0 Å². The van der Waals surface area contributed by atoms with Crippen LogP contribution in [0.15, 0.2) is 30.3 Å². The molecule has 9 heteroatoms. The molecule has 1 atom stereocenters. The molecule has 1 amide bonds. The molecule has 0 unspecified atom stereocenters. The number of carbonyl (C=O) groups is 2. The smallest absolute Gasteiger partial charge is 0.442 e. The van der Waals surface area contributed by atoms with Crippen LogP contribution < -0.4 is 10.6 Å². The Labute approximate surface area is 137 Å². The van der Waals surface area contributed by atoms with E-state index in [0.29, 0.717) is 0 Å². The van der Waals surface area contributed by atoms with Crippen LogP contribution in [0.4, 0.5) is 23.7 Å². The van der Waals surface area contributed by atoms with Crippen LogP contribution in [0.5, 0.6) is 0 Å². The second kappa shape index (κ2) is 7.89. The van der Waals surface area contributed by atoms with Crippen LogP contribution in [0.3, 0.4) is 0 Å². The molecule has 0 heterocycles. The zero-order valence-electron chi connectivity index (χ0n) is 13.4. The minimum atomic E-state index is -5.19. The second-order valence-electron chi connectivity index (χ2n) is 5.04. The van der Waals surface area contributed by atoms with Crippen LogP contribution >= 0.6 is 0 Å². The summed E-state index contributed by atoms with van der Waals surface area (Å²) >= 11 is 0. The van der Waals surface area contributed by atoms with E-state index in [-0.39, 0.29) is 12.3 Å². The van der Waals surface area contributed by atoms with Gasteiger partial charge in [-0.1, -0.05) is 18.2 Å². The lowest BCUT2D eigenvalue weighted by atomic mass is 10.1. The number of alkyl carbamates (subject to hydrolysis) is 1. The van der Waals surface area contributed by atoms with Crippen molar-refractivity contribution in [2.45, 2.75) is 38.7 Å². The highest BCUT2D eigenvalue weighted by Gasteiger charge is 2.64. The number of anilines is 1. The van der Waals surface area contributed by atoms with E-state index in [1.165, 1.54) is 45.0 Å². The minimum absolute atomic E-state index is 0.0345. The fourth-order valence-corrected chi connectivity index (χ4v) is 1.76. The van der Waals surface area contributed by atoms with Crippen LogP contribution in [0.1, 0.15) is 20.8 Å². The Morgan fingerprint density at radius 1 is 1.17 bits per heavy atom. The van der Waals surface area contributed by atoms with Crippen LogP contribution in [-0.4, -0.2) is 36.6 Å². The quantitative estimate of drug-likeness (QED) is 0.610. The SMILES string of the molecule is CCOC(=O)[C@](NC(=O)OC(C)C)(Nc1ccccc1)C(F)(F)F. The summed E-state index contributed by atoms with van der Waals surface area (Å²) in [6.07, 6.45) is -7.26. The topological polar surface area (TPSA) is 76.7 Å². The number of carbonyl (C=O) groups excluding carboxylic acids is 2. The van der Waals surface area contributed by atoms with E-state index >= 15 is 0 Å². The summed E-state index contributed by atoms with van der Waals surface area (Å²) in [7, 11) is 0. The van der Waals surface area contributed by atoms with E-state index in [9.17, 15) is 22.8 Å². The molecule has 1 aromatic rings. The van der Waals surface area contributed by atoms with E-state index in [1.807, 2.05) is 5.32 Å². The molecule has 24 heavy (non-hydrogen) atoms. The Balaban J connectivity index is 3.28. The summed E-state index contributed by atoms with van der Waals surface area (Å²) < 4.78 is 50.3. The van der Waals surface area contributed by atoms with Gasteiger partial charge in [-0.2, -0.15) is 13.2 Å². The maximum Gasteiger partial charge on any atom is 0.442 e. The molecule has 134 valence electrons. The predicted octanol–water partition coefficient (Wildman–Crippen LogP) is 3.05. The number of hydrogen-bond donors (Lipinski definition) is 2. The van der Waals surface area contributed by atoms with Gasteiger partial charge >= 0.3 is 23.9 Å². The van der Waals surface area contributed by atoms with E-state index < -0.39 is 30.0 Å². The molecule has 0 saturated carbocycles. The van der Waals surface area contributed by atoms with Crippen LogP contribution in [-0.2, 0) is 14.3 Å². The molecule has 0 bridgehead atoms. The third-order valence-electron chi connectivity index (χ3n) is 2.74. The first kappa shape index (κ1) is 19.6. The van der Waals surface area contributed by atoms with Gasteiger partial charge in [0, 0.05) is 5.69 Å². The van der Waals surface area contributed by atoms with Gasteiger partial charge < -0.3 is 14.8 Å². The van der Waals surface area contributed by atoms with Gasteiger partial charge in [0.1, 0.15) is 0 Å². The number of benzene rings is 1. The highest BCUT2D eigenvalue weighted by Crippen LogP contribution is 2.33. The van der Waals surface area contributed by atoms with Crippen molar-refractivity contribution in [2.75, 3.05) is 11.9 Å². The molecule has 0 aliphatic carbocycles. The Bertz CT molecular complexity index is 564. The third-order valence-corrected chi connectivity index (χ3v) is 2.74. The molecule has 0 aromatic heterocycles. The monoisotopic (exact) mass is 348 g/mol. The molecule has 0 saturated heterocycles. The van der Waals surface area contributed by atoms with Crippen molar-refractivity contribution in [1.82, 2.24) is 5.32 Å². The van der Waals surface area contributed by atoms with Crippen molar-refractivity contribution in [2.24, 2.45) is 0 Å². The molecule has 6 nitrogen and oxygen atoms in total. The lowest BCUT2D eigenvalue weighted by Gasteiger charge is -2.35. The number of hydrogen-bond acceptors (Lipinski definition) is 5. The normalized spacial score (nSPS) is 13.8. The molecule has 0 aliphatic rings. The summed E-state index contributed by atoms with van der Waals surface area (Å²) in [4.78, 5) is 23.8. The molecule has 0 spiro atoms. The van der Waals surface area contributed by atoms with Gasteiger partial charge in [0.2, 0.25) is 0 Å². The van der Waals surface area contributed by atoms with Crippen molar-refractivity contribution in [1.29, 1.82) is 0 Å². The predicted molar refractivity (Wildman–Crippen MR) is 80.2 cm³/mol. The number of halogens is 3. The van der Waals surface area contributed by atoms with Crippen LogP contribution in [0.2, 0.25) is 0 Å². The Morgan fingerprint density at radius 3 is 2.21 bits per heavy atom. The lowest BCUT2D eigenvalue weighted by Crippen LogP contribution is -2.69. The molecule has 0 radical (unpaired) electrons. The van der Waals surface area contributed by atoms with Crippen molar-refractivity contribution < 1.29 is 32.2 Å². The Kier molecular flexibility index (Phi) is 6.44. The number of amides is 1. The molecule has 2 N–H and O–H groups in total. The van der Waals surface area contributed by atoms with Crippen molar-refractivity contribution >= 4 is 17.7 Å². The lowest BCUT2D eigenvalue weighted by molar-refractivity contribution is -0.205. The molecule has 1 rings (SSSR count). The Hall–Kier alpha value is -2.45. The van der Waals surface area contributed by atoms with Gasteiger partial charge in [-0.25, -0.2) is 9.59 Å². The van der Waals surface area contributed by atoms with Gasteiger partial charge in [-0.15, -0.1) is 0 Å². The highest BCUT2D eigenvalue weighted by atomic mass is 19.4. The van der Waals surface area contributed by atoms with Gasteiger partial charge in [0.15, 0.2) is 0 Å². The summed E-state index contributed by atoms with van der Waals surface area (Å²) in [6.45, 7) is 3.98. The highest BCUT2D eigenvalue weighted by molar-refractivity contribution is 5.89. The van der Waals surface area contributed by atoms with Gasteiger partial charge in [-0.3, -0.25) is 5.32 Å². The molecule has 0 aliphatic heterocycles. The zero-order chi connectivity index (χ0) is 18.4. The van der Waals surface area contributed by atoms with E-state index in [1.54, 1.807) is 11.4 Å². The number of ether oxygens (including phenoxy) is 2. The fraction of sp³-hybridized carbons (Fsp3) is 0.467. The fourth-order valence-electron chi connectivity index (χ4n) is 1.76. The van der Waals surface area contributed by atoms with Crippen LogP contribution in [0.25, 0.3) is 0 Å². The minimum Gasteiger partial charge on any atom is -0.463 e. The number of para-hydroxylation sites is 1. The third kappa shape index (κ3) is 4.77. The molecular formula is C15H19F3N2O4. The van der Waals surface area contributed by atoms with Crippen LogP contribution in [0, 0.1) is 0 Å². The van der Waals surface area contributed by atoms with Gasteiger partial charge in [0.25, 0.3) is 0 Å². The number of esters is 1. The molecule has 1 aromatic carbocycles. The average molecular weight is 348 g/mol. The van der Waals surface area contributed by atoms with E-state index in [0.717, 1.165) is 0 Å². The summed E-state index contributed by atoms with van der Waals surface area (Å²) in [6, 6.07) is 7.16. The maximum absolute atomic E-state index is 13.7. The average Bonchev–Trinajstić information content (AvgIpc) is 2.45. The first-order valence-corrected chi connectivity index (χ1v) is 7.18. The van der Waals surface area contributed by atoms with E-state index in [2.05, 4.69) is 9.47 Å². The maximum atomic E-state index is 13.7. The van der Waals surface area contributed by atoms with Crippen molar-refractivity contribution in [3.05, 3.63) is 30.3 Å². The summed E-state index contributed by atoms with van der Waals surface area (Å²) in [5, 5.41) is 3.57. The zero-order valence-corrected chi connectivity index (χ0v) is 13.4. The second-order valence-corrected chi connectivity index (χ2v) is 5.04. The largest absolute Gasteiger partial charge is 0.463 e. The number of nitrogens with one attached hydrogen (secondary N) is 2. The number of rotatable bonds is 6. The van der Waals surface area contributed by atoms with Gasteiger partial charge in [0.05, 0.1) is 12.7 Å².